The molecular formula is C21H14Cl2N4O. The summed E-state index contributed by atoms with van der Waals surface area (Å²) >= 11 is 12.4. The molecule has 1 N–H and O–H groups in total. The molecule has 0 saturated carbocycles. The summed E-state index contributed by atoms with van der Waals surface area (Å²) in [5.74, 6) is 0.236. The van der Waals surface area contributed by atoms with Crippen molar-refractivity contribution < 1.29 is 4.79 Å². The van der Waals surface area contributed by atoms with Gasteiger partial charge in [0.2, 0.25) is 0 Å². The van der Waals surface area contributed by atoms with E-state index in [0.29, 0.717) is 21.6 Å². The van der Waals surface area contributed by atoms with Crippen molar-refractivity contribution in [1.82, 2.24) is 14.5 Å². The van der Waals surface area contributed by atoms with Gasteiger partial charge in [-0.1, -0.05) is 35.3 Å². The van der Waals surface area contributed by atoms with Crippen LogP contribution in [0.5, 0.6) is 0 Å². The number of benzene rings is 2. The van der Waals surface area contributed by atoms with Crippen molar-refractivity contribution in [2.75, 3.05) is 5.32 Å². The van der Waals surface area contributed by atoms with E-state index in [-0.39, 0.29) is 11.6 Å². The maximum atomic E-state index is 12.7. The predicted molar refractivity (Wildman–Crippen MR) is 111 cm³/mol. The van der Waals surface area contributed by atoms with Crippen molar-refractivity contribution in [1.29, 1.82) is 0 Å². The van der Waals surface area contributed by atoms with Crippen LogP contribution in [0.25, 0.3) is 17.1 Å². The van der Waals surface area contributed by atoms with Crippen LogP contribution in [-0.4, -0.2) is 20.4 Å². The summed E-state index contributed by atoms with van der Waals surface area (Å²) in [7, 11) is 0. The van der Waals surface area contributed by atoms with Crippen LogP contribution in [-0.2, 0) is 0 Å². The summed E-state index contributed by atoms with van der Waals surface area (Å²) in [5.41, 5.74) is 2.44. The number of nitrogens with zero attached hydrogens (tertiary/aromatic N) is 3. The molecule has 7 heteroatoms. The summed E-state index contributed by atoms with van der Waals surface area (Å²) < 4.78 is 1.82. The van der Waals surface area contributed by atoms with Gasteiger partial charge in [0.25, 0.3) is 5.91 Å². The summed E-state index contributed by atoms with van der Waals surface area (Å²) in [6.45, 7) is 0. The predicted octanol–water partition coefficient (Wildman–Crippen LogP) is 5.49. The number of aromatic nitrogens is 3. The third kappa shape index (κ3) is 3.76. The highest BCUT2D eigenvalue weighted by Crippen LogP contribution is 2.29. The van der Waals surface area contributed by atoms with Crippen molar-refractivity contribution in [2.45, 2.75) is 0 Å². The molecule has 0 aliphatic heterocycles. The zero-order chi connectivity index (χ0) is 19.5. The molecule has 138 valence electrons. The summed E-state index contributed by atoms with van der Waals surface area (Å²) in [4.78, 5) is 21.2. The van der Waals surface area contributed by atoms with Crippen LogP contribution in [0.2, 0.25) is 10.0 Å². The van der Waals surface area contributed by atoms with Crippen molar-refractivity contribution in [2.24, 2.45) is 0 Å². The largest absolute Gasteiger partial charge is 0.320 e. The number of halogens is 2. The molecule has 0 spiro atoms. The zero-order valence-corrected chi connectivity index (χ0v) is 16.0. The van der Waals surface area contributed by atoms with Gasteiger partial charge < -0.3 is 5.32 Å². The van der Waals surface area contributed by atoms with Gasteiger partial charge in [-0.05, 0) is 48.5 Å². The molecule has 0 radical (unpaired) electrons. The number of carbonyl (C=O) groups excluding carboxylic acids is 1. The molecule has 0 fully saturated rings. The van der Waals surface area contributed by atoms with Gasteiger partial charge >= 0.3 is 0 Å². The first-order valence-electron chi connectivity index (χ1n) is 8.43. The van der Waals surface area contributed by atoms with Crippen molar-refractivity contribution in [3.63, 3.8) is 0 Å². The summed E-state index contributed by atoms with van der Waals surface area (Å²) in [5, 5.41) is 3.99. The van der Waals surface area contributed by atoms with Gasteiger partial charge in [-0.15, -0.1) is 0 Å². The SMILES string of the molecule is O=C(Nc1ccncc1)c1cn(-c2ccc(Cl)cc2)c(-c2ccccc2Cl)n1. The Morgan fingerprint density at radius 1 is 0.929 bits per heavy atom. The zero-order valence-electron chi connectivity index (χ0n) is 14.5. The van der Waals surface area contributed by atoms with E-state index in [1.807, 2.05) is 34.9 Å². The minimum absolute atomic E-state index is 0.265. The maximum absolute atomic E-state index is 12.7. The lowest BCUT2D eigenvalue weighted by Gasteiger charge is -2.09. The Morgan fingerprint density at radius 2 is 1.64 bits per heavy atom. The van der Waals surface area contributed by atoms with Crippen LogP contribution in [0.1, 0.15) is 10.5 Å². The third-order valence-corrected chi connectivity index (χ3v) is 4.68. The first-order chi connectivity index (χ1) is 13.6. The van der Waals surface area contributed by atoms with E-state index >= 15 is 0 Å². The number of anilines is 1. The van der Waals surface area contributed by atoms with Gasteiger partial charge in [-0.25, -0.2) is 4.98 Å². The number of imidazole rings is 1. The van der Waals surface area contributed by atoms with Crippen molar-refractivity contribution in [3.05, 3.63) is 95.0 Å². The van der Waals surface area contributed by atoms with Crippen LogP contribution in [0, 0.1) is 0 Å². The number of rotatable bonds is 4. The number of hydrogen-bond acceptors (Lipinski definition) is 3. The highest BCUT2D eigenvalue weighted by atomic mass is 35.5. The van der Waals surface area contributed by atoms with Crippen molar-refractivity contribution >= 4 is 34.8 Å². The van der Waals surface area contributed by atoms with Gasteiger partial charge in [0, 0.05) is 40.6 Å². The van der Waals surface area contributed by atoms with E-state index in [2.05, 4.69) is 15.3 Å². The first-order valence-corrected chi connectivity index (χ1v) is 9.19. The summed E-state index contributed by atoms with van der Waals surface area (Å²) in [6.07, 6.45) is 4.90. The Kier molecular flexibility index (Phi) is 5.10. The molecule has 2 aromatic carbocycles. The molecule has 0 saturated heterocycles. The lowest BCUT2D eigenvalue weighted by atomic mass is 10.2. The van der Waals surface area contributed by atoms with E-state index in [0.717, 1.165) is 11.3 Å². The van der Waals surface area contributed by atoms with Crippen LogP contribution >= 0.6 is 23.2 Å². The fourth-order valence-corrected chi connectivity index (χ4v) is 3.10. The highest BCUT2D eigenvalue weighted by Gasteiger charge is 2.18. The van der Waals surface area contributed by atoms with Gasteiger partial charge in [0.05, 0.1) is 5.02 Å². The highest BCUT2D eigenvalue weighted by molar-refractivity contribution is 6.33. The van der Waals surface area contributed by atoms with E-state index in [9.17, 15) is 4.79 Å². The molecule has 1 amide bonds. The van der Waals surface area contributed by atoms with Crippen molar-refractivity contribution in [3.8, 4) is 17.1 Å². The molecule has 2 aromatic heterocycles. The molecule has 0 aliphatic rings. The number of nitrogens with one attached hydrogen (secondary N) is 1. The average molecular weight is 409 g/mol. The molecule has 2 heterocycles. The van der Waals surface area contributed by atoms with Crippen LogP contribution in [0.4, 0.5) is 5.69 Å². The van der Waals surface area contributed by atoms with Crippen LogP contribution in [0.15, 0.2) is 79.3 Å². The lowest BCUT2D eigenvalue weighted by Crippen LogP contribution is -2.12. The summed E-state index contributed by atoms with van der Waals surface area (Å²) in [6, 6.07) is 18.1. The Morgan fingerprint density at radius 3 is 2.36 bits per heavy atom. The molecule has 0 atom stereocenters. The van der Waals surface area contributed by atoms with Crippen LogP contribution < -0.4 is 5.32 Å². The Balaban J connectivity index is 1.79. The molecule has 28 heavy (non-hydrogen) atoms. The lowest BCUT2D eigenvalue weighted by molar-refractivity contribution is 0.102. The van der Waals surface area contributed by atoms with Crippen LogP contribution in [0.3, 0.4) is 0 Å². The maximum Gasteiger partial charge on any atom is 0.275 e. The van der Waals surface area contributed by atoms with Gasteiger partial charge in [0.1, 0.15) is 11.5 Å². The topological polar surface area (TPSA) is 59.8 Å². The second-order valence-electron chi connectivity index (χ2n) is 5.97. The normalized spacial score (nSPS) is 10.6. The van der Waals surface area contributed by atoms with E-state index in [1.54, 1.807) is 48.9 Å². The number of hydrogen-bond donors (Lipinski definition) is 1. The smallest absolute Gasteiger partial charge is 0.275 e. The minimum Gasteiger partial charge on any atom is -0.320 e. The molecule has 4 aromatic rings. The third-order valence-electron chi connectivity index (χ3n) is 4.10. The number of amides is 1. The molecular weight excluding hydrogens is 395 g/mol. The van der Waals surface area contributed by atoms with Gasteiger partial charge in [-0.3, -0.25) is 14.3 Å². The minimum atomic E-state index is -0.327. The molecule has 0 unspecified atom stereocenters. The second kappa shape index (κ2) is 7.84. The quantitative estimate of drug-likeness (QED) is 0.485. The molecule has 4 rings (SSSR count). The number of carbonyl (C=O) groups is 1. The molecule has 0 bridgehead atoms. The fourth-order valence-electron chi connectivity index (χ4n) is 2.75. The van der Waals surface area contributed by atoms with E-state index in [4.69, 9.17) is 23.2 Å². The fraction of sp³-hybridized carbons (Fsp3) is 0. The molecule has 5 nitrogen and oxygen atoms in total. The molecule has 0 aliphatic carbocycles. The Bertz CT molecular complexity index is 1120. The monoisotopic (exact) mass is 408 g/mol. The van der Waals surface area contributed by atoms with E-state index < -0.39 is 0 Å². The van der Waals surface area contributed by atoms with E-state index in [1.165, 1.54) is 0 Å². The second-order valence-corrected chi connectivity index (χ2v) is 6.81. The standard InChI is InChI=1S/C21H14Cl2N4O/c22-14-5-7-16(8-6-14)27-13-19(21(28)25-15-9-11-24-12-10-15)26-20(27)17-3-1-2-4-18(17)23/h1-13H,(H,24,25,28). The van der Waals surface area contributed by atoms with Gasteiger partial charge in [-0.2, -0.15) is 0 Å². The Hall–Kier alpha value is -3.15. The Labute approximate surface area is 171 Å². The average Bonchev–Trinajstić information content (AvgIpc) is 3.15. The van der Waals surface area contributed by atoms with Gasteiger partial charge in [0.15, 0.2) is 0 Å². The number of pyridine rings is 1. The first kappa shape index (κ1) is 18.2.